The monoisotopic (exact) mass is 281 g/mol. The number of nitrogens with one attached hydrogen (secondary N) is 1. The summed E-state index contributed by atoms with van der Waals surface area (Å²) in [6, 6.07) is 6.98. The Bertz CT molecular complexity index is 422. The molecule has 0 radical (unpaired) electrons. The van der Waals surface area contributed by atoms with Crippen molar-refractivity contribution in [2.45, 2.75) is 25.4 Å². The molecule has 0 aromatic heterocycles. The number of nitrogens with zero attached hydrogens (tertiary/aromatic N) is 2. The van der Waals surface area contributed by atoms with Crippen LogP contribution in [0.4, 0.5) is 5.69 Å². The van der Waals surface area contributed by atoms with Crippen LogP contribution in [0.15, 0.2) is 18.2 Å². The largest absolute Gasteiger partial charge is 0.372 e. The molecule has 1 aliphatic rings. The summed E-state index contributed by atoms with van der Waals surface area (Å²) in [4.78, 5) is 4.72. The highest BCUT2D eigenvalue weighted by Gasteiger charge is 2.22. The van der Waals surface area contributed by atoms with Gasteiger partial charge in [0.15, 0.2) is 0 Å². The summed E-state index contributed by atoms with van der Waals surface area (Å²) >= 11 is 6.40. The van der Waals surface area contributed by atoms with E-state index in [-0.39, 0.29) is 0 Å². The van der Waals surface area contributed by atoms with Crippen molar-refractivity contribution in [3.8, 4) is 0 Å². The molecule has 0 saturated carbocycles. The fourth-order valence-corrected chi connectivity index (χ4v) is 3.15. The van der Waals surface area contributed by atoms with Crippen LogP contribution in [-0.2, 0) is 6.54 Å². The Labute approximate surface area is 121 Å². The van der Waals surface area contributed by atoms with Crippen molar-refractivity contribution in [1.29, 1.82) is 0 Å². The first-order chi connectivity index (χ1) is 9.11. The molecule has 3 nitrogen and oxygen atoms in total. The van der Waals surface area contributed by atoms with Gasteiger partial charge < -0.3 is 15.1 Å². The van der Waals surface area contributed by atoms with Gasteiger partial charge in [0, 0.05) is 26.2 Å². The van der Waals surface area contributed by atoms with Gasteiger partial charge in [-0.15, -0.1) is 0 Å². The molecule has 0 bridgehead atoms. The van der Waals surface area contributed by atoms with Gasteiger partial charge in [0.1, 0.15) is 0 Å². The smallest absolute Gasteiger partial charge is 0.0642 e. The molecule has 0 aliphatic carbocycles. The Morgan fingerprint density at radius 2 is 2.26 bits per heavy atom. The van der Waals surface area contributed by atoms with E-state index in [1.54, 1.807) is 0 Å². The van der Waals surface area contributed by atoms with Crippen LogP contribution in [0, 0.1) is 0 Å². The maximum Gasteiger partial charge on any atom is 0.0642 e. The van der Waals surface area contributed by atoms with E-state index in [0.29, 0.717) is 6.04 Å². The zero-order valence-electron chi connectivity index (χ0n) is 12.1. The Kier molecular flexibility index (Phi) is 5.08. The standard InChI is InChI=1S/C15H24ClN3/c1-17-10-12-6-7-15(14(16)9-12)19(3)11-13-5-4-8-18(13)2/h6-7,9,13,17H,4-5,8,10-11H2,1-3H3. The van der Waals surface area contributed by atoms with Gasteiger partial charge in [-0.1, -0.05) is 17.7 Å². The quantitative estimate of drug-likeness (QED) is 0.895. The van der Waals surface area contributed by atoms with Gasteiger partial charge in [0.05, 0.1) is 10.7 Å². The van der Waals surface area contributed by atoms with Crippen molar-refractivity contribution in [1.82, 2.24) is 10.2 Å². The van der Waals surface area contributed by atoms with Crippen LogP contribution in [-0.4, -0.2) is 45.2 Å². The molecule has 1 aromatic carbocycles. The maximum atomic E-state index is 6.40. The Balaban J connectivity index is 2.04. The minimum atomic E-state index is 0.651. The van der Waals surface area contributed by atoms with Crippen molar-refractivity contribution < 1.29 is 0 Å². The van der Waals surface area contributed by atoms with Gasteiger partial charge in [-0.3, -0.25) is 0 Å². The molecule has 1 saturated heterocycles. The molecule has 1 atom stereocenters. The van der Waals surface area contributed by atoms with E-state index in [2.05, 4.69) is 47.4 Å². The van der Waals surface area contributed by atoms with Crippen molar-refractivity contribution in [2.75, 3.05) is 39.1 Å². The van der Waals surface area contributed by atoms with E-state index in [1.165, 1.54) is 24.9 Å². The van der Waals surface area contributed by atoms with E-state index in [1.807, 2.05) is 7.05 Å². The van der Waals surface area contributed by atoms with E-state index in [0.717, 1.165) is 23.8 Å². The minimum Gasteiger partial charge on any atom is -0.372 e. The third kappa shape index (κ3) is 3.62. The summed E-state index contributed by atoms with van der Waals surface area (Å²) in [6.45, 7) is 3.12. The molecule has 1 unspecified atom stereocenters. The van der Waals surface area contributed by atoms with Gasteiger partial charge in [-0.2, -0.15) is 0 Å². The van der Waals surface area contributed by atoms with Crippen molar-refractivity contribution in [3.05, 3.63) is 28.8 Å². The highest BCUT2D eigenvalue weighted by Crippen LogP contribution is 2.27. The lowest BCUT2D eigenvalue weighted by Gasteiger charge is -2.28. The second-order valence-corrected chi connectivity index (χ2v) is 5.88. The summed E-state index contributed by atoms with van der Waals surface area (Å²) in [6.07, 6.45) is 2.60. The molecule has 4 heteroatoms. The van der Waals surface area contributed by atoms with E-state index < -0.39 is 0 Å². The third-order valence-corrected chi connectivity index (χ3v) is 4.26. The summed E-state index contributed by atoms with van der Waals surface area (Å²) in [7, 11) is 6.29. The number of hydrogen-bond acceptors (Lipinski definition) is 3. The fourth-order valence-electron chi connectivity index (χ4n) is 2.80. The van der Waals surface area contributed by atoms with Crippen LogP contribution in [0.3, 0.4) is 0 Å². The minimum absolute atomic E-state index is 0.651. The number of rotatable bonds is 5. The lowest BCUT2D eigenvalue weighted by Crippen LogP contribution is -2.36. The number of hydrogen-bond donors (Lipinski definition) is 1. The van der Waals surface area contributed by atoms with Crippen LogP contribution in [0.5, 0.6) is 0 Å². The molecular formula is C15H24ClN3. The molecule has 1 aliphatic heterocycles. The summed E-state index contributed by atoms with van der Waals surface area (Å²) < 4.78 is 0. The van der Waals surface area contributed by atoms with Gasteiger partial charge in [0.25, 0.3) is 0 Å². The summed E-state index contributed by atoms with van der Waals surface area (Å²) in [5.74, 6) is 0. The number of likely N-dealkylation sites (tertiary alicyclic amines) is 1. The summed E-state index contributed by atoms with van der Waals surface area (Å²) in [5.41, 5.74) is 2.35. The lowest BCUT2D eigenvalue weighted by atomic mass is 10.1. The van der Waals surface area contributed by atoms with Gasteiger partial charge in [0.2, 0.25) is 0 Å². The van der Waals surface area contributed by atoms with Crippen LogP contribution < -0.4 is 10.2 Å². The van der Waals surface area contributed by atoms with E-state index in [9.17, 15) is 0 Å². The highest BCUT2D eigenvalue weighted by atomic mass is 35.5. The number of likely N-dealkylation sites (N-methyl/N-ethyl adjacent to an activating group) is 2. The molecule has 0 amide bonds. The van der Waals surface area contributed by atoms with Gasteiger partial charge in [-0.25, -0.2) is 0 Å². The van der Waals surface area contributed by atoms with Crippen molar-refractivity contribution >= 4 is 17.3 Å². The molecule has 1 heterocycles. The van der Waals surface area contributed by atoms with Gasteiger partial charge >= 0.3 is 0 Å². The molecule has 2 rings (SSSR count). The normalized spacial score (nSPS) is 19.9. The Hall–Kier alpha value is -0.770. The van der Waals surface area contributed by atoms with Crippen LogP contribution >= 0.6 is 11.6 Å². The zero-order chi connectivity index (χ0) is 13.8. The first-order valence-corrected chi connectivity index (χ1v) is 7.34. The molecule has 0 spiro atoms. The van der Waals surface area contributed by atoms with Gasteiger partial charge in [-0.05, 0) is 51.2 Å². The predicted molar refractivity (Wildman–Crippen MR) is 83.1 cm³/mol. The molecule has 1 aromatic rings. The molecule has 1 N–H and O–H groups in total. The average molecular weight is 282 g/mol. The van der Waals surface area contributed by atoms with Crippen LogP contribution in [0.1, 0.15) is 18.4 Å². The summed E-state index contributed by atoms with van der Waals surface area (Å²) in [5, 5.41) is 3.99. The Morgan fingerprint density at radius 1 is 1.47 bits per heavy atom. The zero-order valence-corrected chi connectivity index (χ0v) is 12.9. The van der Waals surface area contributed by atoms with Crippen LogP contribution in [0.25, 0.3) is 0 Å². The van der Waals surface area contributed by atoms with E-state index >= 15 is 0 Å². The first-order valence-electron chi connectivity index (χ1n) is 6.96. The van der Waals surface area contributed by atoms with Crippen LogP contribution in [0.2, 0.25) is 5.02 Å². The second kappa shape index (κ2) is 6.60. The Morgan fingerprint density at radius 3 is 2.84 bits per heavy atom. The predicted octanol–water partition coefficient (Wildman–Crippen LogP) is 2.59. The molecule has 19 heavy (non-hydrogen) atoms. The number of halogens is 1. The number of anilines is 1. The number of benzene rings is 1. The lowest BCUT2D eigenvalue weighted by molar-refractivity contribution is 0.314. The molecular weight excluding hydrogens is 258 g/mol. The maximum absolute atomic E-state index is 6.40. The first kappa shape index (κ1) is 14.6. The average Bonchev–Trinajstić information content (AvgIpc) is 2.75. The topological polar surface area (TPSA) is 18.5 Å². The second-order valence-electron chi connectivity index (χ2n) is 5.47. The SMILES string of the molecule is CNCc1ccc(N(C)CC2CCCN2C)c(Cl)c1. The third-order valence-electron chi connectivity index (χ3n) is 3.96. The van der Waals surface area contributed by atoms with E-state index in [4.69, 9.17) is 11.6 Å². The van der Waals surface area contributed by atoms with Crippen molar-refractivity contribution in [2.24, 2.45) is 0 Å². The highest BCUT2D eigenvalue weighted by molar-refractivity contribution is 6.33. The van der Waals surface area contributed by atoms with Crippen molar-refractivity contribution in [3.63, 3.8) is 0 Å². The fraction of sp³-hybridized carbons (Fsp3) is 0.600. The molecule has 1 fully saturated rings. The molecule has 106 valence electrons.